The third-order valence-electron chi connectivity index (χ3n) is 35.9. The van der Waals surface area contributed by atoms with Crippen LogP contribution < -0.4 is 0 Å². The number of nitrogens with zero attached hydrogens (tertiary/aromatic N) is 2. The summed E-state index contributed by atoms with van der Waals surface area (Å²) in [5, 5.41) is 0. The Kier molecular flexibility index (Phi) is 19.3. The van der Waals surface area contributed by atoms with Crippen molar-refractivity contribution < 1.29 is 0 Å². The van der Waals surface area contributed by atoms with Crippen molar-refractivity contribution in [3.05, 3.63) is 0 Å². The Labute approximate surface area is 565 Å². The van der Waals surface area contributed by atoms with E-state index in [0.29, 0.717) is 16.2 Å². The van der Waals surface area contributed by atoms with Crippen molar-refractivity contribution in [1.29, 1.82) is 0 Å². The molecule has 2 nitrogen and oxygen atoms in total. The van der Waals surface area contributed by atoms with Crippen LogP contribution in [-0.4, -0.2) is 52.8 Å². The lowest BCUT2D eigenvalue weighted by molar-refractivity contribution is -0.159. The van der Waals surface area contributed by atoms with Crippen LogP contribution in [0.5, 0.6) is 0 Å². The predicted molar refractivity (Wildman–Crippen MR) is 387 cm³/mol. The Hall–Kier alpha value is -0.0151. The number of hydrogen-bond donors (Lipinski definition) is 0. The molecule has 0 N–H and O–H groups in total. The molecule has 0 aromatic rings. The molecule has 0 bridgehead atoms. The highest BCUT2D eigenvalue weighted by atomic mass is 15.3. The summed E-state index contributed by atoms with van der Waals surface area (Å²) >= 11 is 0. The summed E-state index contributed by atoms with van der Waals surface area (Å²) in [5.74, 6) is 23.7. The Bertz CT molecular complexity index is 2310. The van der Waals surface area contributed by atoms with E-state index in [4.69, 9.17) is 0 Å². The second-order valence-corrected chi connectivity index (χ2v) is 42.5. The standard InChI is InChI=1S/C88H149BN2/c1-86(2,3)66-47-63-41-42-64-48-67(87(4,5)6)53-74-73(50-65(49-66)81(63)82(64)74)62-44-46-76-78(52-62)91(85-71(59-33-21-13-22-34-59)39-26-40-72(85)60-35-23-14-24-36-60)80-55-68(88(7,8)9)54-79-83(80)89(76)75-45-43-61(56-27-15-10-16-28-56)51-77(75)90(79)84-69(57-29-17-11-18-30-57)37-25-38-70(84)58-31-19-12-20-32-58/h56-85H,10-55H2,1-9H3. The molecule has 514 valence electrons. The summed E-state index contributed by atoms with van der Waals surface area (Å²) in [5.41, 5.74) is 1.25. The average molecular weight is 1250 g/mol. The van der Waals surface area contributed by atoms with E-state index in [0.717, 1.165) is 185 Å². The molecule has 0 radical (unpaired) electrons. The first-order valence-electron chi connectivity index (χ1n) is 43.6. The summed E-state index contributed by atoms with van der Waals surface area (Å²) in [7, 11) is 0. The molecule has 0 amide bonds. The molecular formula is C88H149BN2. The largest absolute Gasteiger partial charge is 0.295 e. The van der Waals surface area contributed by atoms with Crippen molar-refractivity contribution in [3.8, 4) is 0 Å². The quantitative estimate of drug-likeness (QED) is 0.224. The van der Waals surface area contributed by atoms with Crippen LogP contribution in [0, 0.1) is 141 Å². The number of rotatable bonds is 8. The molecule has 0 aromatic heterocycles. The first-order chi connectivity index (χ1) is 44.0. The third kappa shape index (κ3) is 12.4. The minimum Gasteiger partial charge on any atom is -0.295 e. The molecule has 14 aliphatic carbocycles. The van der Waals surface area contributed by atoms with E-state index < -0.39 is 0 Å². The van der Waals surface area contributed by atoms with E-state index in [1.807, 2.05) is 0 Å². The zero-order valence-corrected chi connectivity index (χ0v) is 61.8. The maximum Gasteiger partial charge on any atom is 0.156 e. The monoisotopic (exact) mass is 1250 g/mol. The van der Waals surface area contributed by atoms with Gasteiger partial charge in [-0.15, -0.1) is 0 Å². The van der Waals surface area contributed by atoms with Gasteiger partial charge in [-0.25, -0.2) is 0 Å². The van der Waals surface area contributed by atoms with Gasteiger partial charge in [0.2, 0.25) is 0 Å². The smallest absolute Gasteiger partial charge is 0.156 e. The van der Waals surface area contributed by atoms with E-state index in [2.05, 4.69) is 72.1 Å². The molecule has 2 heterocycles. The maximum absolute atomic E-state index is 3.95. The Morgan fingerprint density at radius 2 is 0.582 bits per heavy atom. The lowest BCUT2D eigenvalue weighted by Gasteiger charge is -2.72. The highest BCUT2D eigenvalue weighted by molar-refractivity contribution is 6.65. The lowest BCUT2D eigenvalue weighted by atomic mass is 9.18. The molecular weight excluding hydrogens is 1100 g/mol. The molecule has 3 heteroatoms. The molecule has 14 saturated carbocycles. The first kappa shape index (κ1) is 65.6. The van der Waals surface area contributed by atoms with Gasteiger partial charge in [-0.1, -0.05) is 261 Å². The molecule has 91 heavy (non-hydrogen) atoms. The highest BCUT2D eigenvalue weighted by Gasteiger charge is 2.69. The minimum absolute atomic E-state index is 0.358. The Morgan fingerprint density at radius 1 is 0.231 bits per heavy atom. The van der Waals surface area contributed by atoms with Crippen LogP contribution in [0.1, 0.15) is 358 Å². The van der Waals surface area contributed by atoms with Gasteiger partial charge in [-0.2, -0.15) is 0 Å². The molecule has 16 aliphatic rings. The van der Waals surface area contributed by atoms with Gasteiger partial charge in [0, 0.05) is 36.3 Å². The van der Waals surface area contributed by atoms with Crippen molar-refractivity contribution in [3.63, 3.8) is 0 Å². The van der Waals surface area contributed by atoms with Crippen molar-refractivity contribution >= 4 is 6.71 Å². The van der Waals surface area contributed by atoms with Crippen LogP contribution in [0.2, 0.25) is 17.5 Å². The maximum atomic E-state index is 3.95. The highest BCUT2D eigenvalue weighted by Crippen LogP contribution is 2.71. The zero-order valence-electron chi connectivity index (χ0n) is 61.8. The van der Waals surface area contributed by atoms with Gasteiger partial charge in [-0.3, -0.25) is 9.80 Å². The van der Waals surface area contributed by atoms with Gasteiger partial charge >= 0.3 is 0 Å². The second kappa shape index (κ2) is 26.8. The van der Waals surface area contributed by atoms with Gasteiger partial charge < -0.3 is 0 Å². The zero-order chi connectivity index (χ0) is 62.1. The van der Waals surface area contributed by atoms with Crippen LogP contribution in [0.25, 0.3) is 0 Å². The molecule has 16 rings (SSSR count). The SMILES string of the molecule is CC(C)(C)C1CC2CCC3CC(C(C)(C)C)CC4C(C5CCC6B7C8CCC(C9CCCCC9)CC8N(C8C(C9CCCCC9)CCCC8C8CCCCC8)C8CC(C(C)(C)C)CC(C78)N(C7C(C8CCCCC8)CCCC7C7CCCCC7)C6C5)CC(C1)C2C34. The van der Waals surface area contributed by atoms with Crippen LogP contribution in [-0.2, 0) is 0 Å². The second-order valence-electron chi connectivity index (χ2n) is 42.5. The molecule has 2 aliphatic heterocycles. The van der Waals surface area contributed by atoms with E-state index >= 15 is 0 Å². The summed E-state index contributed by atoms with van der Waals surface area (Å²) < 4.78 is 0. The minimum atomic E-state index is 0.358. The van der Waals surface area contributed by atoms with Crippen molar-refractivity contribution in [2.75, 3.05) is 0 Å². The fourth-order valence-corrected chi connectivity index (χ4v) is 31.9. The molecule has 0 aromatic carbocycles. The summed E-state index contributed by atoms with van der Waals surface area (Å²) in [6, 6.07) is 5.14. The number of hydrogen-bond acceptors (Lipinski definition) is 2. The Balaban J connectivity index is 0.860. The average Bonchev–Trinajstić information content (AvgIpc) is 0.700. The van der Waals surface area contributed by atoms with Gasteiger partial charge in [0.1, 0.15) is 0 Å². The van der Waals surface area contributed by atoms with Crippen molar-refractivity contribution in [2.45, 2.75) is 411 Å². The molecule has 23 unspecified atom stereocenters. The van der Waals surface area contributed by atoms with Crippen LogP contribution >= 0.6 is 0 Å². The van der Waals surface area contributed by atoms with Gasteiger partial charge in [0.05, 0.1) is 0 Å². The van der Waals surface area contributed by atoms with E-state index in [1.165, 1.54) is 32.1 Å². The normalized spacial score (nSPS) is 48.2. The van der Waals surface area contributed by atoms with Gasteiger partial charge in [0.15, 0.2) is 6.71 Å². The fraction of sp³-hybridized carbons (Fsp3) is 1.00. The van der Waals surface area contributed by atoms with Crippen LogP contribution in [0.3, 0.4) is 0 Å². The number of fused-ring (bicyclic) bond motifs is 4. The molecule has 16 fully saturated rings. The van der Waals surface area contributed by atoms with E-state index in [9.17, 15) is 0 Å². The van der Waals surface area contributed by atoms with E-state index in [-0.39, 0.29) is 0 Å². The van der Waals surface area contributed by atoms with Crippen molar-refractivity contribution in [2.24, 2.45) is 141 Å². The predicted octanol–water partition coefficient (Wildman–Crippen LogP) is 24.6. The van der Waals surface area contributed by atoms with Crippen LogP contribution in [0.4, 0.5) is 0 Å². The summed E-state index contributed by atoms with van der Waals surface area (Å²) in [4.78, 5) is 7.84. The third-order valence-corrected chi connectivity index (χ3v) is 35.9. The first-order valence-corrected chi connectivity index (χ1v) is 43.6. The summed E-state index contributed by atoms with van der Waals surface area (Å²) in [6.45, 7) is 25.6. The van der Waals surface area contributed by atoms with Gasteiger partial charge in [0.25, 0.3) is 0 Å². The Morgan fingerprint density at radius 3 is 1.01 bits per heavy atom. The molecule has 2 saturated heterocycles. The fourth-order valence-electron chi connectivity index (χ4n) is 31.9. The van der Waals surface area contributed by atoms with Gasteiger partial charge in [-0.05, 0) is 254 Å². The summed E-state index contributed by atoms with van der Waals surface area (Å²) in [6.07, 6.45) is 72.6. The van der Waals surface area contributed by atoms with Crippen molar-refractivity contribution in [1.82, 2.24) is 9.80 Å². The van der Waals surface area contributed by atoms with E-state index in [1.54, 1.807) is 263 Å². The lowest BCUT2D eigenvalue weighted by Crippen LogP contribution is -2.77. The molecule has 23 atom stereocenters. The topological polar surface area (TPSA) is 6.48 Å². The molecule has 0 spiro atoms. The van der Waals surface area contributed by atoms with Crippen LogP contribution in [0.15, 0.2) is 0 Å².